The molecular weight excluding hydrogens is 388 g/mol. The number of hydrogen-bond acceptors (Lipinski definition) is 7. The zero-order valence-electron chi connectivity index (χ0n) is 12.6. The average Bonchev–Trinajstić information content (AvgIpc) is 2.89. The summed E-state index contributed by atoms with van der Waals surface area (Å²) in [5, 5.41) is 3.80. The van der Waals surface area contributed by atoms with E-state index in [2.05, 4.69) is 25.2 Å². The first kappa shape index (κ1) is 19.0. The van der Waals surface area contributed by atoms with E-state index in [1.54, 1.807) is 0 Å². The fraction of sp³-hybridized carbons (Fsp3) is 0.231. The van der Waals surface area contributed by atoms with Crippen molar-refractivity contribution in [2.75, 3.05) is 12.5 Å². The van der Waals surface area contributed by atoms with Crippen molar-refractivity contribution in [1.82, 2.24) is 9.97 Å². The number of anilines is 1. The largest absolute Gasteiger partial charge is 0.465 e. The number of methoxy groups -OCH3 is 1. The number of alkyl halides is 3. The quantitative estimate of drug-likeness (QED) is 0.476. The van der Waals surface area contributed by atoms with Crippen molar-refractivity contribution in [2.24, 2.45) is 5.10 Å². The molecule has 12 heteroatoms. The monoisotopic (exact) mass is 396 g/mol. The molecule has 0 saturated heterocycles. The molecule has 2 aromatic rings. The third-order valence-corrected chi connectivity index (χ3v) is 3.30. The van der Waals surface area contributed by atoms with Crippen LogP contribution in [0.1, 0.15) is 28.5 Å². The summed E-state index contributed by atoms with van der Waals surface area (Å²) >= 11 is 11.4. The average molecular weight is 397 g/mol. The molecule has 0 unspecified atom stereocenters. The molecule has 0 amide bonds. The minimum absolute atomic E-state index is 0.0209. The lowest BCUT2D eigenvalue weighted by Gasteiger charge is -2.11. The van der Waals surface area contributed by atoms with Gasteiger partial charge >= 0.3 is 12.1 Å². The van der Waals surface area contributed by atoms with Crippen molar-refractivity contribution in [3.05, 3.63) is 39.5 Å². The smallest absolute Gasteiger partial charge is 0.434 e. The van der Waals surface area contributed by atoms with Crippen LogP contribution in [0.2, 0.25) is 10.4 Å². The van der Waals surface area contributed by atoms with E-state index in [4.69, 9.17) is 27.6 Å². The molecule has 0 saturated carbocycles. The van der Waals surface area contributed by atoms with Crippen LogP contribution in [0.15, 0.2) is 21.8 Å². The van der Waals surface area contributed by atoms with E-state index in [-0.39, 0.29) is 16.2 Å². The van der Waals surface area contributed by atoms with Gasteiger partial charge in [0, 0.05) is 12.3 Å². The van der Waals surface area contributed by atoms with Crippen molar-refractivity contribution in [1.29, 1.82) is 0 Å². The second-order valence-corrected chi connectivity index (χ2v) is 5.21. The highest BCUT2D eigenvalue weighted by atomic mass is 35.5. The standard InChI is InChI=1S/C13H9Cl2F3N4O3/c1-5(6-3-8(14)25-10(6)15)21-22-12-19-4-7(11(23)24-2)9(20-12)13(16,17)18/h3-4H,1-2H3,(H,19,20,22)/b21-5-. The minimum atomic E-state index is -4.89. The van der Waals surface area contributed by atoms with E-state index >= 15 is 0 Å². The number of carbonyl (C=O) groups is 1. The molecule has 2 heterocycles. The fourth-order valence-electron chi connectivity index (χ4n) is 1.69. The summed E-state index contributed by atoms with van der Waals surface area (Å²) in [4.78, 5) is 18.3. The number of halogens is 5. The lowest BCUT2D eigenvalue weighted by Crippen LogP contribution is -2.18. The Balaban J connectivity index is 2.33. The van der Waals surface area contributed by atoms with Gasteiger partial charge in [0.05, 0.1) is 18.4 Å². The highest BCUT2D eigenvalue weighted by Crippen LogP contribution is 2.31. The number of ether oxygens (including phenoxy) is 1. The van der Waals surface area contributed by atoms with Crippen molar-refractivity contribution in [2.45, 2.75) is 13.1 Å². The van der Waals surface area contributed by atoms with Crippen LogP contribution in [0, 0.1) is 0 Å². The number of rotatable bonds is 4. The number of esters is 1. The van der Waals surface area contributed by atoms with E-state index in [9.17, 15) is 18.0 Å². The molecular formula is C13H9Cl2F3N4O3. The second kappa shape index (κ2) is 7.28. The highest BCUT2D eigenvalue weighted by molar-refractivity contribution is 6.35. The third kappa shape index (κ3) is 4.40. The molecule has 0 aliphatic carbocycles. The van der Waals surface area contributed by atoms with Crippen molar-refractivity contribution in [3.8, 4) is 0 Å². The molecule has 2 rings (SSSR count). The van der Waals surface area contributed by atoms with Gasteiger partial charge in [-0.15, -0.1) is 0 Å². The summed E-state index contributed by atoms with van der Waals surface area (Å²) in [6.45, 7) is 1.51. The number of hydrazone groups is 1. The van der Waals surface area contributed by atoms with Crippen molar-refractivity contribution >= 4 is 40.8 Å². The molecule has 2 aromatic heterocycles. The van der Waals surface area contributed by atoms with Crippen molar-refractivity contribution < 1.29 is 27.1 Å². The van der Waals surface area contributed by atoms with Crippen LogP contribution in [-0.2, 0) is 10.9 Å². The Kier molecular flexibility index (Phi) is 5.53. The van der Waals surface area contributed by atoms with Crippen LogP contribution in [0.25, 0.3) is 0 Å². The maximum atomic E-state index is 13.0. The van der Waals surface area contributed by atoms with Gasteiger partial charge in [0.1, 0.15) is 5.56 Å². The Hall–Kier alpha value is -2.33. The van der Waals surface area contributed by atoms with Gasteiger partial charge in [-0.2, -0.15) is 18.3 Å². The van der Waals surface area contributed by atoms with Crippen LogP contribution in [-0.4, -0.2) is 28.8 Å². The Bertz CT molecular complexity index is 836. The van der Waals surface area contributed by atoms with Gasteiger partial charge in [-0.05, 0) is 30.1 Å². The summed E-state index contributed by atoms with van der Waals surface area (Å²) in [5.74, 6) is -1.69. The fourth-order valence-corrected chi connectivity index (χ4v) is 2.19. The van der Waals surface area contributed by atoms with Crippen LogP contribution >= 0.6 is 23.2 Å². The van der Waals surface area contributed by atoms with Crippen molar-refractivity contribution in [3.63, 3.8) is 0 Å². The Morgan fingerprint density at radius 3 is 2.56 bits per heavy atom. The van der Waals surface area contributed by atoms with E-state index in [1.807, 2.05) is 0 Å². The van der Waals surface area contributed by atoms with E-state index in [0.29, 0.717) is 11.8 Å². The van der Waals surface area contributed by atoms with Gasteiger partial charge in [0.15, 0.2) is 10.9 Å². The first-order valence-corrected chi connectivity index (χ1v) is 7.17. The minimum Gasteiger partial charge on any atom is -0.465 e. The molecule has 0 spiro atoms. The van der Waals surface area contributed by atoms with Gasteiger partial charge in [0.25, 0.3) is 0 Å². The normalized spacial score (nSPS) is 12.2. The number of nitrogens with one attached hydrogen (secondary N) is 1. The second-order valence-electron chi connectivity index (χ2n) is 4.49. The maximum Gasteiger partial charge on any atom is 0.434 e. The molecule has 1 N–H and O–H groups in total. The van der Waals surface area contributed by atoms with Gasteiger partial charge in [-0.3, -0.25) is 0 Å². The van der Waals surface area contributed by atoms with Gasteiger partial charge < -0.3 is 9.15 Å². The number of furan rings is 1. The Labute approximate surface area is 148 Å². The molecule has 7 nitrogen and oxygen atoms in total. The molecule has 0 radical (unpaired) electrons. The summed E-state index contributed by atoms with van der Waals surface area (Å²) in [6, 6.07) is 1.38. The predicted molar refractivity (Wildman–Crippen MR) is 82.9 cm³/mol. The summed E-state index contributed by atoms with van der Waals surface area (Å²) in [5.41, 5.74) is 0.576. The van der Waals surface area contributed by atoms with Gasteiger partial charge in [-0.1, -0.05) is 0 Å². The topological polar surface area (TPSA) is 89.6 Å². The molecule has 134 valence electrons. The molecule has 0 bridgehead atoms. The first-order valence-electron chi connectivity index (χ1n) is 6.41. The van der Waals surface area contributed by atoms with Crippen LogP contribution in [0.4, 0.5) is 19.1 Å². The lowest BCUT2D eigenvalue weighted by molar-refractivity contribution is -0.141. The lowest BCUT2D eigenvalue weighted by atomic mass is 10.2. The zero-order valence-corrected chi connectivity index (χ0v) is 14.1. The predicted octanol–water partition coefficient (Wildman–Crippen LogP) is 4.02. The molecule has 0 aliphatic rings. The van der Waals surface area contributed by atoms with Gasteiger partial charge in [0.2, 0.25) is 11.2 Å². The highest BCUT2D eigenvalue weighted by Gasteiger charge is 2.38. The SMILES string of the molecule is COC(=O)c1cnc(N/N=C(/C)c2cc(Cl)oc2Cl)nc1C(F)(F)F. The summed E-state index contributed by atoms with van der Waals surface area (Å²) in [6.07, 6.45) is -4.19. The molecule has 0 aromatic carbocycles. The Morgan fingerprint density at radius 2 is 2.04 bits per heavy atom. The molecule has 25 heavy (non-hydrogen) atoms. The first-order chi connectivity index (χ1) is 11.6. The van der Waals surface area contributed by atoms with Crippen LogP contribution < -0.4 is 5.43 Å². The van der Waals surface area contributed by atoms with Gasteiger partial charge in [-0.25, -0.2) is 20.2 Å². The molecule has 0 fully saturated rings. The van der Waals surface area contributed by atoms with Crippen LogP contribution in [0.3, 0.4) is 0 Å². The van der Waals surface area contributed by atoms with Crippen LogP contribution in [0.5, 0.6) is 0 Å². The van der Waals surface area contributed by atoms with E-state index in [1.165, 1.54) is 13.0 Å². The maximum absolute atomic E-state index is 13.0. The number of hydrogen-bond donors (Lipinski definition) is 1. The number of nitrogens with zero attached hydrogens (tertiary/aromatic N) is 3. The third-order valence-electron chi connectivity index (χ3n) is 2.83. The summed E-state index contributed by atoms with van der Waals surface area (Å²) < 4.78 is 48.3. The number of aromatic nitrogens is 2. The van der Waals surface area contributed by atoms with E-state index < -0.39 is 29.4 Å². The molecule has 0 atom stereocenters. The Morgan fingerprint density at radius 1 is 1.36 bits per heavy atom. The number of carbonyl (C=O) groups excluding carboxylic acids is 1. The summed E-state index contributed by atoms with van der Waals surface area (Å²) in [7, 11) is 0.947. The molecule has 0 aliphatic heterocycles. The zero-order chi connectivity index (χ0) is 18.8. The van der Waals surface area contributed by atoms with E-state index in [0.717, 1.165) is 7.11 Å².